The smallest absolute Gasteiger partial charge is 0.293 e. The number of carbonyl (C=O) groups excluding carboxylic acids is 2. The molecule has 3 aromatic rings. The third-order valence-corrected chi connectivity index (χ3v) is 6.04. The molecule has 2 aliphatic heterocycles. The summed E-state index contributed by atoms with van der Waals surface area (Å²) in [5, 5.41) is 14.4. The molecule has 172 valence electrons. The molecule has 0 unspecified atom stereocenters. The van der Waals surface area contributed by atoms with Gasteiger partial charge in [-0.2, -0.15) is 0 Å². The van der Waals surface area contributed by atoms with Crippen molar-refractivity contribution in [3.05, 3.63) is 93.5 Å². The van der Waals surface area contributed by atoms with Crippen LogP contribution in [0.1, 0.15) is 26.3 Å². The predicted octanol–water partition coefficient (Wildman–Crippen LogP) is 3.84. The van der Waals surface area contributed by atoms with E-state index in [0.29, 0.717) is 49.8 Å². The van der Waals surface area contributed by atoms with Crippen molar-refractivity contribution in [2.24, 2.45) is 0 Å². The number of nitrogens with zero attached hydrogens (tertiary/aromatic N) is 3. The van der Waals surface area contributed by atoms with E-state index < -0.39 is 10.8 Å². The number of rotatable bonds is 5. The molecule has 3 aromatic carbocycles. The lowest BCUT2D eigenvalue weighted by molar-refractivity contribution is -0.384. The van der Waals surface area contributed by atoms with E-state index in [0.717, 1.165) is 11.3 Å². The number of amides is 2. The minimum Gasteiger partial charge on any atom is -0.378 e. The Morgan fingerprint density at radius 1 is 1.00 bits per heavy atom. The molecule has 2 aliphatic rings. The molecule has 0 radical (unpaired) electrons. The second kappa shape index (κ2) is 8.95. The quantitative estimate of drug-likeness (QED) is 0.460. The first kappa shape index (κ1) is 21.6. The summed E-state index contributed by atoms with van der Waals surface area (Å²) in [5.41, 5.74) is 3.48. The summed E-state index contributed by atoms with van der Waals surface area (Å²) in [6, 6.07) is 18.9. The fraction of sp³-hybridized carbons (Fsp3) is 0.200. The van der Waals surface area contributed by atoms with Crippen molar-refractivity contribution in [1.82, 2.24) is 0 Å². The highest BCUT2D eigenvalue weighted by molar-refractivity contribution is 6.10. The van der Waals surface area contributed by atoms with E-state index in [4.69, 9.17) is 4.74 Å². The summed E-state index contributed by atoms with van der Waals surface area (Å²) in [7, 11) is 0. The van der Waals surface area contributed by atoms with Crippen molar-refractivity contribution in [1.29, 1.82) is 0 Å². The van der Waals surface area contributed by atoms with Crippen LogP contribution in [0.15, 0.2) is 66.7 Å². The number of ether oxygens (including phenoxy) is 1. The number of nitrogens with one attached hydrogen (secondary N) is 1. The van der Waals surface area contributed by atoms with Crippen LogP contribution in [-0.4, -0.2) is 43.0 Å². The molecule has 1 saturated heterocycles. The van der Waals surface area contributed by atoms with Gasteiger partial charge in [0.25, 0.3) is 17.5 Å². The first-order valence-electron chi connectivity index (χ1n) is 10.9. The zero-order valence-corrected chi connectivity index (χ0v) is 18.3. The summed E-state index contributed by atoms with van der Waals surface area (Å²) < 4.78 is 5.32. The fourth-order valence-electron chi connectivity index (χ4n) is 4.27. The van der Waals surface area contributed by atoms with Crippen molar-refractivity contribution in [2.75, 3.05) is 41.4 Å². The second-order valence-corrected chi connectivity index (χ2v) is 8.11. The van der Waals surface area contributed by atoms with Crippen LogP contribution in [0.5, 0.6) is 0 Å². The van der Waals surface area contributed by atoms with Gasteiger partial charge in [0, 0.05) is 41.7 Å². The summed E-state index contributed by atoms with van der Waals surface area (Å²) >= 11 is 0. The molecule has 0 aliphatic carbocycles. The number of hydrogen-bond acceptors (Lipinski definition) is 6. The van der Waals surface area contributed by atoms with Crippen LogP contribution in [0.25, 0.3) is 0 Å². The van der Waals surface area contributed by atoms with E-state index in [9.17, 15) is 19.7 Å². The number of benzene rings is 3. The van der Waals surface area contributed by atoms with Gasteiger partial charge < -0.3 is 19.9 Å². The minimum absolute atomic E-state index is 0.0555. The Kier molecular flexibility index (Phi) is 5.69. The van der Waals surface area contributed by atoms with Crippen LogP contribution in [0.3, 0.4) is 0 Å². The van der Waals surface area contributed by atoms with Crippen molar-refractivity contribution in [3.8, 4) is 0 Å². The minimum atomic E-state index is -0.471. The van der Waals surface area contributed by atoms with Gasteiger partial charge >= 0.3 is 0 Å². The topological polar surface area (TPSA) is 105 Å². The van der Waals surface area contributed by atoms with Gasteiger partial charge in [0.15, 0.2) is 0 Å². The number of nitro benzene ring substituents is 1. The first-order chi connectivity index (χ1) is 16.5. The molecule has 9 heteroatoms. The van der Waals surface area contributed by atoms with E-state index in [1.54, 1.807) is 41.3 Å². The van der Waals surface area contributed by atoms with Crippen LogP contribution >= 0.6 is 0 Å². The lowest BCUT2D eigenvalue weighted by Crippen LogP contribution is -2.36. The molecule has 2 amide bonds. The summed E-state index contributed by atoms with van der Waals surface area (Å²) in [6.45, 7) is 2.63. The van der Waals surface area contributed by atoms with Crippen LogP contribution < -0.4 is 15.1 Å². The second-order valence-electron chi connectivity index (χ2n) is 8.11. The molecule has 0 atom stereocenters. The van der Waals surface area contributed by atoms with Gasteiger partial charge in [-0.1, -0.05) is 18.2 Å². The van der Waals surface area contributed by atoms with Gasteiger partial charge in [-0.25, -0.2) is 0 Å². The van der Waals surface area contributed by atoms with Gasteiger partial charge in [-0.3, -0.25) is 19.7 Å². The average molecular weight is 458 g/mol. The fourth-order valence-corrected chi connectivity index (χ4v) is 4.27. The van der Waals surface area contributed by atoms with Crippen molar-refractivity contribution in [2.45, 2.75) is 6.54 Å². The Morgan fingerprint density at radius 3 is 2.44 bits per heavy atom. The van der Waals surface area contributed by atoms with Crippen LogP contribution in [0, 0.1) is 10.1 Å². The third kappa shape index (κ3) is 4.08. The highest BCUT2D eigenvalue weighted by Crippen LogP contribution is 2.31. The van der Waals surface area contributed by atoms with Gasteiger partial charge in [0.05, 0.1) is 24.7 Å². The number of carbonyl (C=O) groups is 2. The van der Waals surface area contributed by atoms with Gasteiger partial charge in [-0.05, 0) is 48.0 Å². The summed E-state index contributed by atoms with van der Waals surface area (Å²) in [5.74, 6) is -0.505. The van der Waals surface area contributed by atoms with Gasteiger partial charge in [0.2, 0.25) is 0 Å². The van der Waals surface area contributed by atoms with Crippen LogP contribution in [0.2, 0.25) is 0 Å². The zero-order chi connectivity index (χ0) is 23.7. The summed E-state index contributed by atoms with van der Waals surface area (Å²) in [6.07, 6.45) is 0. The normalized spacial score (nSPS) is 15.2. The molecule has 34 heavy (non-hydrogen) atoms. The number of morpholine rings is 1. The van der Waals surface area contributed by atoms with E-state index in [2.05, 4.69) is 5.32 Å². The highest BCUT2D eigenvalue weighted by atomic mass is 16.6. The molecular formula is C25H22N4O5. The van der Waals surface area contributed by atoms with E-state index in [-0.39, 0.29) is 17.2 Å². The van der Waals surface area contributed by atoms with E-state index >= 15 is 0 Å². The maximum atomic E-state index is 12.8. The van der Waals surface area contributed by atoms with Crippen molar-refractivity contribution >= 4 is 34.6 Å². The monoisotopic (exact) mass is 458 g/mol. The Morgan fingerprint density at radius 2 is 1.74 bits per heavy atom. The Labute approximate surface area is 195 Å². The Balaban J connectivity index is 1.30. The third-order valence-electron chi connectivity index (χ3n) is 6.04. The lowest BCUT2D eigenvalue weighted by Gasteiger charge is -2.28. The lowest BCUT2D eigenvalue weighted by atomic mass is 10.1. The number of nitro groups is 1. The standard InChI is InChI=1S/C25H22N4O5/c30-24(17-5-10-22(23(15-17)29(32)33)27-11-13-34-14-12-27)26-19-6-8-20(9-7-19)28-16-18-3-1-2-4-21(18)25(28)31/h1-10,15H,11-14,16H2,(H,26,30). The highest BCUT2D eigenvalue weighted by Gasteiger charge is 2.28. The molecule has 0 spiro atoms. The molecule has 9 nitrogen and oxygen atoms in total. The van der Waals surface area contributed by atoms with Gasteiger partial charge in [0.1, 0.15) is 5.69 Å². The van der Waals surface area contributed by atoms with Crippen molar-refractivity contribution in [3.63, 3.8) is 0 Å². The molecule has 1 N–H and O–H groups in total. The number of hydrogen-bond donors (Lipinski definition) is 1. The largest absolute Gasteiger partial charge is 0.378 e. The molecule has 2 heterocycles. The van der Waals surface area contributed by atoms with Crippen LogP contribution in [-0.2, 0) is 11.3 Å². The Hall–Kier alpha value is -4.24. The molecule has 0 aromatic heterocycles. The number of anilines is 3. The zero-order valence-electron chi connectivity index (χ0n) is 18.3. The molecule has 1 fully saturated rings. The molecule has 0 saturated carbocycles. The van der Waals surface area contributed by atoms with E-state index in [1.807, 2.05) is 29.2 Å². The predicted molar refractivity (Wildman–Crippen MR) is 127 cm³/mol. The Bertz CT molecular complexity index is 1270. The maximum absolute atomic E-state index is 12.8. The molecular weight excluding hydrogens is 436 g/mol. The van der Waals surface area contributed by atoms with Gasteiger partial charge in [-0.15, -0.1) is 0 Å². The van der Waals surface area contributed by atoms with Crippen molar-refractivity contribution < 1.29 is 19.2 Å². The first-order valence-corrected chi connectivity index (χ1v) is 10.9. The summed E-state index contributed by atoms with van der Waals surface area (Å²) in [4.78, 5) is 40.2. The van der Waals surface area contributed by atoms with E-state index in [1.165, 1.54) is 6.07 Å². The SMILES string of the molecule is O=C(Nc1ccc(N2Cc3ccccc3C2=O)cc1)c1ccc(N2CCOCC2)c([N+](=O)[O-])c1. The average Bonchev–Trinajstić information content (AvgIpc) is 3.21. The maximum Gasteiger partial charge on any atom is 0.293 e. The number of fused-ring (bicyclic) bond motifs is 1. The van der Waals surface area contributed by atoms with Crippen LogP contribution in [0.4, 0.5) is 22.7 Å². The molecule has 5 rings (SSSR count). The molecule has 0 bridgehead atoms.